The van der Waals surface area contributed by atoms with E-state index in [0.717, 1.165) is 31.7 Å². The van der Waals surface area contributed by atoms with Crippen molar-refractivity contribution >= 4 is 0 Å². The molecule has 1 aromatic rings. The van der Waals surface area contributed by atoms with Crippen LogP contribution < -0.4 is 5.32 Å². The van der Waals surface area contributed by atoms with Gasteiger partial charge in [-0.05, 0) is 38.0 Å². The standard InChI is InChI=1S/C18H31FN2/c1-5-8-13-21(7-3)14-15(4)18(20-6-2)16-11-9-10-12-17(16)19/h9-12,15,18,20H,5-8,13-14H2,1-4H3. The molecule has 0 heterocycles. The van der Waals surface area contributed by atoms with Crippen LogP contribution in [0.5, 0.6) is 0 Å². The molecule has 0 saturated heterocycles. The molecule has 1 aromatic carbocycles. The van der Waals surface area contributed by atoms with Crippen LogP contribution in [0.3, 0.4) is 0 Å². The largest absolute Gasteiger partial charge is 0.310 e. The molecule has 0 radical (unpaired) electrons. The Hall–Kier alpha value is -0.930. The first-order valence-electron chi connectivity index (χ1n) is 8.34. The van der Waals surface area contributed by atoms with Crippen molar-refractivity contribution in [2.75, 3.05) is 26.2 Å². The van der Waals surface area contributed by atoms with Gasteiger partial charge in [0, 0.05) is 18.2 Å². The maximum absolute atomic E-state index is 14.1. The first kappa shape index (κ1) is 18.1. The van der Waals surface area contributed by atoms with Crippen molar-refractivity contribution in [1.29, 1.82) is 0 Å². The zero-order valence-corrected chi connectivity index (χ0v) is 14.0. The summed E-state index contributed by atoms with van der Waals surface area (Å²) in [7, 11) is 0. The lowest BCUT2D eigenvalue weighted by molar-refractivity contribution is 0.215. The van der Waals surface area contributed by atoms with Gasteiger partial charge in [-0.25, -0.2) is 4.39 Å². The number of rotatable bonds is 10. The molecule has 0 amide bonds. The molecule has 3 heteroatoms. The quantitative estimate of drug-likeness (QED) is 0.694. The van der Waals surface area contributed by atoms with Crippen LogP contribution >= 0.6 is 0 Å². The third-order valence-electron chi connectivity index (χ3n) is 4.05. The normalized spacial score (nSPS) is 14.4. The minimum atomic E-state index is -0.105. The van der Waals surface area contributed by atoms with E-state index in [-0.39, 0.29) is 11.9 Å². The highest BCUT2D eigenvalue weighted by atomic mass is 19.1. The summed E-state index contributed by atoms with van der Waals surface area (Å²) in [6.07, 6.45) is 2.45. The summed E-state index contributed by atoms with van der Waals surface area (Å²) in [5, 5.41) is 3.46. The molecule has 120 valence electrons. The number of halogens is 1. The molecule has 0 aliphatic rings. The van der Waals surface area contributed by atoms with Gasteiger partial charge in [0.05, 0.1) is 0 Å². The number of hydrogen-bond acceptors (Lipinski definition) is 2. The number of benzene rings is 1. The van der Waals surface area contributed by atoms with Crippen LogP contribution in [0.1, 0.15) is 52.1 Å². The Bertz CT molecular complexity index is 395. The molecule has 2 unspecified atom stereocenters. The fourth-order valence-electron chi connectivity index (χ4n) is 2.84. The van der Waals surface area contributed by atoms with Crippen molar-refractivity contribution < 1.29 is 4.39 Å². The lowest BCUT2D eigenvalue weighted by Crippen LogP contribution is -2.36. The maximum atomic E-state index is 14.1. The second-order valence-corrected chi connectivity index (χ2v) is 5.78. The van der Waals surface area contributed by atoms with Gasteiger partial charge >= 0.3 is 0 Å². The highest BCUT2D eigenvalue weighted by Gasteiger charge is 2.22. The summed E-state index contributed by atoms with van der Waals surface area (Å²) in [5.74, 6) is 0.269. The van der Waals surface area contributed by atoms with Crippen LogP contribution in [0, 0.1) is 11.7 Å². The van der Waals surface area contributed by atoms with E-state index < -0.39 is 0 Å². The van der Waals surface area contributed by atoms with Crippen LogP contribution in [0.25, 0.3) is 0 Å². The number of nitrogens with zero attached hydrogens (tertiary/aromatic N) is 1. The zero-order valence-electron chi connectivity index (χ0n) is 14.0. The van der Waals surface area contributed by atoms with Crippen molar-refractivity contribution in [3.63, 3.8) is 0 Å². The van der Waals surface area contributed by atoms with Crippen molar-refractivity contribution in [2.24, 2.45) is 5.92 Å². The maximum Gasteiger partial charge on any atom is 0.127 e. The van der Waals surface area contributed by atoms with Gasteiger partial charge in [-0.1, -0.05) is 52.3 Å². The molecular formula is C18H31FN2. The predicted molar refractivity (Wildman–Crippen MR) is 89.0 cm³/mol. The van der Waals surface area contributed by atoms with Gasteiger partial charge in [-0.2, -0.15) is 0 Å². The minimum absolute atomic E-state index is 0.0758. The number of hydrogen-bond donors (Lipinski definition) is 1. The molecule has 1 N–H and O–H groups in total. The smallest absolute Gasteiger partial charge is 0.127 e. The molecule has 0 fully saturated rings. The first-order chi connectivity index (χ1) is 10.1. The zero-order chi connectivity index (χ0) is 15.7. The fourth-order valence-corrected chi connectivity index (χ4v) is 2.84. The average molecular weight is 294 g/mol. The van der Waals surface area contributed by atoms with Crippen molar-refractivity contribution in [1.82, 2.24) is 10.2 Å². The van der Waals surface area contributed by atoms with E-state index in [1.807, 2.05) is 12.1 Å². The molecule has 0 bridgehead atoms. The Labute approximate surface area is 129 Å². The second kappa shape index (κ2) is 9.91. The molecule has 21 heavy (non-hydrogen) atoms. The molecule has 0 saturated carbocycles. The molecular weight excluding hydrogens is 263 g/mol. The second-order valence-electron chi connectivity index (χ2n) is 5.78. The topological polar surface area (TPSA) is 15.3 Å². The summed E-state index contributed by atoms with van der Waals surface area (Å²) >= 11 is 0. The van der Waals surface area contributed by atoms with Crippen molar-refractivity contribution in [2.45, 2.75) is 46.6 Å². The van der Waals surface area contributed by atoms with Crippen molar-refractivity contribution in [3.8, 4) is 0 Å². The highest BCUT2D eigenvalue weighted by Crippen LogP contribution is 2.25. The Morgan fingerprint density at radius 2 is 1.90 bits per heavy atom. The minimum Gasteiger partial charge on any atom is -0.310 e. The van der Waals surface area contributed by atoms with Crippen LogP contribution in [-0.2, 0) is 0 Å². The number of nitrogens with one attached hydrogen (secondary N) is 1. The highest BCUT2D eigenvalue weighted by molar-refractivity contribution is 5.22. The predicted octanol–water partition coefficient (Wildman–Crippen LogP) is 4.23. The van der Waals surface area contributed by atoms with Gasteiger partial charge in [0.25, 0.3) is 0 Å². The summed E-state index contributed by atoms with van der Waals surface area (Å²) in [4.78, 5) is 2.47. The van der Waals surface area contributed by atoms with E-state index in [1.165, 1.54) is 12.8 Å². The van der Waals surface area contributed by atoms with Gasteiger partial charge in [0.15, 0.2) is 0 Å². The fraction of sp³-hybridized carbons (Fsp3) is 0.667. The van der Waals surface area contributed by atoms with E-state index in [9.17, 15) is 4.39 Å². The van der Waals surface area contributed by atoms with Crippen molar-refractivity contribution in [3.05, 3.63) is 35.6 Å². The molecule has 0 aromatic heterocycles. The Kier molecular flexibility index (Phi) is 8.55. The Balaban J connectivity index is 2.77. The SMILES string of the molecule is CCCCN(CC)CC(C)C(NCC)c1ccccc1F. The first-order valence-corrected chi connectivity index (χ1v) is 8.34. The lowest BCUT2D eigenvalue weighted by atomic mass is 9.93. The van der Waals surface area contributed by atoms with Crippen LogP contribution in [-0.4, -0.2) is 31.1 Å². The molecule has 0 spiro atoms. The molecule has 1 rings (SSSR count). The summed E-state index contributed by atoms with van der Waals surface area (Å²) < 4.78 is 14.1. The molecule has 2 atom stereocenters. The summed E-state index contributed by atoms with van der Waals surface area (Å²) in [6.45, 7) is 12.8. The van der Waals surface area contributed by atoms with Crippen LogP contribution in [0.2, 0.25) is 0 Å². The summed E-state index contributed by atoms with van der Waals surface area (Å²) in [6, 6.07) is 7.21. The molecule has 0 aliphatic heterocycles. The van der Waals surface area contributed by atoms with E-state index in [2.05, 4.69) is 37.9 Å². The van der Waals surface area contributed by atoms with Gasteiger partial charge in [0.1, 0.15) is 5.82 Å². The Morgan fingerprint density at radius 1 is 1.19 bits per heavy atom. The van der Waals surface area contributed by atoms with Gasteiger partial charge in [-0.3, -0.25) is 0 Å². The van der Waals surface area contributed by atoms with Gasteiger partial charge < -0.3 is 10.2 Å². The molecule has 2 nitrogen and oxygen atoms in total. The van der Waals surface area contributed by atoms with E-state index in [4.69, 9.17) is 0 Å². The lowest BCUT2D eigenvalue weighted by Gasteiger charge is -2.30. The Morgan fingerprint density at radius 3 is 2.48 bits per heavy atom. The van der Waals surface area contributed by atoms with E-state index in [0.29, 0.717) is 5.92 Å². The van der Waals surface area contributed by atoms with Gasteiger partial charge in [0.2, 0.25) is 0 Å². The average Bonchev–Trinajstić information content (AvgIpc) is 2.49. The van der Waals surface area contributed by atoms with Crippen LogP contribution in [0.15, 0.2) is 24.3 Å². The van der Waals surface area contributed by atoms with E-state index >= 15 is 0 Å². The third-order valence-corrected chi connectivity index (χ3v) is 4.05. The monoisotopic (exact) mass is 294 g/mol. The summed E-state index contributed by atoms with van der Waals surface area (Å²) in [5.41, 5.74) is 0.790. The van der Waals surface area contributed by atoms with Crippen LogP contribution in [0.4, 0.5) is 4.39 Å². The molecule has 0 aliphatic carbocycles. The number of unbranched alkanes of at least 4 members (excludes halogenated alkanes) is 1. The third kappa shape index (κ3) is 5.76. The van der Waals surface area contributed by atoms with Gasteiger partial charge in [-0.15, -0.1) is 0 Å². The van der Waals surface area contributed by atoms with E-state index in [1.54, 1.807) is 12.1 Å².